The van der Waals surface area contributed by atoms with Crippen molar-refractivity contribution in [3.8, 4) is 11.5 Å². The SMILES string of the molecule is COc1cccc2sc(NC(=O)CCC(=O)N3CCN(CCOc4ccc(Cl)cc4)CC3)nc12. The number of nitrogens with zero attached hydrogens (tertiary/aromatic N) is 3. The maximum absolute atomic E-state index is 12.6. The monoisotopic (exact) mass is 502 g/mol. The first-order valence-corrected chi connectivity index (χ1v) is 12.3. The van der Waals surface area contributed by atoms with Gasteiger partial charge in [-0.2, -0.15) is 0 Å². The molecule has 1 aromatic heterocycles. The Hall–Kier alpha value is -2.88. The second-order valence-electron chi connectivity index (χ2n) is 7.90. The number of piperazine rings is 1. The number of thiazole rings is 1. The molecule has 10 heteroatoms. The third-order valence-electron chi connectivity index (χ3n) is 5.63. The number of methoxy groups -OCH3 is 1. The summed E-state index contributed by atoms with van der Waals surface area (Å²) < 4.78 is 12.0. The third-order valence-corrected chi connectivity index (χ3v) is 6.82. The summed E-state index contributed by atoms with van der Waals surface area (Å²) in [5.74, 6) is 1.24. The number of nitrogens with one attached hydrogen (secondary N) is 1. The predicted molar refractivity (Wildman–Crippen MR) is 134 cm³/mol. The van der Waals surface area contributed by atoms with E-state index >= 15 is 0 Å². The number of aromatic nitrogens is 1. The Kier molecular flexibility index (Phi) is 8.21. The molecule has 3 aromatic rings. The Labute approximate surface area is 207 Å². The lowest BCUT2D eigenvalue weighted by Gasteiger charge is -2.34. The molecule has 0 radical (unpaired) electrons. The van der Waals surface area contributed by atoms with E-state index in [9.17, 15) is 9.59 Å². The van der Waals surface area contributed by atoms with Crippen LogP contribution in [0.5, 0.6) is 11.5 Å². The average Bonchev–Trinajstić information content (AvgIpc) is 3.26. The number of carbonyl (C=O) groups is 2. The van der Waals surface area contributed by atoms with Crippen LogP contribution in [0.15, 0.2) is 42.5 Å². The topological polar surface area (TPSA) is 84.0 Å². The van der Waals surface area contributed by atoms with E-state index in [0.29, 0.717) is 35.6 Å². The summed E-state index contributed by atoms with van der Waals surface area (Å²) in [6.07, 6.45) is 0.306. The molecule has 1 aliphatic rings. The highest BCUT2D eigenvalue weighted by atomic mass is 35.5. The van der Waals surface area contributed by atoms with Crippen LogP contribution in [-0.4, -0.2) is 73.0 Å². The first kappa shape index (κ1) is 24.3. The molecule has 1 saturated heterocycles. The Morgan fingerprint density at radius 1 is 1.09 bits per heavy atom. The molecular weight excluding hydrogens is 476 g/mol. The fraction of sp³-hybridized carbons (Fsp3) is 0.375. The number of halogens is 1. The number of hydrogen-bond acceptors (Lipinski definition) is 7. The van der Waals surface area contributed by atoms with Gasteiger partial charge in [0.05, 0.1) is 11.8 Å². The molecule has 2 aromatic carbocycles. The second kappa shape index (κ2) is 11.5. The minimum Gasteiger partial charge on any atom is -0.494 e. The number of ether oxygens (including phenoxy) is 2. The molecule has 180 valence electrons. The van der Waals surface area contributed by atoms with E-state index in [4.69, 9.17) is 21.1 Å². The van der Waals surface area contributed by atoms with Crippen molar-refractivity contribution in [3.63, 3.8) is 0 Å². The summed E-state index contributed by atoms with van der Waals surface area (Å²) in [4.78, 5) is 33.5. The summed E-state index contributed by atoms with van der Waals surface area (Å²) in [5.41, 5.74) is 0.720. The van der Waals surface area contributed by atoms with E-state index in [1.165, 1.54) is 11.3 Å². The van der Waals surface area contributed by atoms with Crippen LogP contribution in [0, 0.1) is 0 Å². The molecule has 1 fully saturated rings. The fourth-order valence-corrected chi connectivity index (χ4v) is 4.77. The molecule has 1 aliphatic heterocycles. The zero-order valence-electron chi connectivity index (χ0n) is 19.0. The first-order chi connectivity index (χ1) is 16.5. The van der Waals surface area contributed by atoms with E-state index in [0.717, 1.165) is 35.6 Å². The van der Waals surface area contributed by atoms with Crippen LogP contribution in [0.2, 0.25) is 5.02 Å². The van der Waals surface area contributed by atoms with Gasteiger partial charge < -0.3 is 19.7 Å². The Morgan fingerprint density at radius 2 is 1.85 bits per heavy atom. The molecule has 0 aliphatic carbocycles. The fourth-order valence-electron chi connectivity index (χ4n) is 3.75. The van der Waals surface area contributed by atoms with Crippen molar-refractivity contribution in [2.24, 2.45) is 0 Å². The van der Waals surface area contributed by atoms with Gasteiger partial charge in [0, 0.05) is 50.6 Å². The van der Waals surface area contributed by atoms with E-state index < -0.39 is 0 Å². The van der Waals surface area contributed by atoms with E-state index in [1.807, 2.05) is 35.2 Å². The maximum Gasteiger partial charge on any atom is 0.226 e. The number of amides is 2. The first-order valence-electron chi connectivity index (χ1n) is 11.1. The molecule has 0 unspecified atom stereocenters. The van der Waals surface area contributed by atoms with Gasteiger partial charge >= 0.3 is 0 Å². The van der Waals surface area contributed by atoms with Crippen molar-refractivity contribution in [1.82, 2.24) is 14.8 Å². The van der Waals surface area contributed by atoms with Crippen molar-refractivity contribution in [1.29, 1.82) is 0 Å². The summed E-state index contributed by atoms with van der Waals surface area (Å²) in [5, 5.41) is 3.99. The van der Waals surface area contributed by atoms with Crippen LogP contribution >= 0.6 is 22.9 Å². The number of para-hydroxylation sites is 1. The van der Waals surface area contributed by atoms with Crippen molar-refractivity contribution in [2.75, 3.05) is 51.8 Å². The van der Waals surface area contributed by atoms with Crippen molar-refractivity contribution < 1.29 is 19.1 Å². The molecule has 0 bridgehead atoms. The Balaban J connectivity index is 1.15. The highest BCUT2D eigenvalue weighted by molar-refractivity contribution is 7.22. The molecule has 4 rings (SSSR count). The lowest BCUT2D eigenvalue weighted by atomic mass is 10.2. The number of benzene rings is 2. The highest BCUT2D eigenvalue weighted by Crippen LogP contribution is 2.32. The minimum absolute atomic E-state index is 0.00168. The van der Waals surface area contributed by atoms with E-state index in [-0.39, 0.29) is 24.7 Å². The maximum atomic E-state index is 12.6. The second-order valence-corrected chi connectivity index (χ2v) is 9.37. The normalized spacial score (nSPS) is 14.2. The third kappa shape index (κ3) is 6.37. The standard InChI is InChI=1S/C24H27ClN4O4S/c1-32-19-3-2-4-20-23(19)27-24(34-20)26-21(30)9-10-22(31)29-13-11-28(12-14-29)15-16-33-18-7-5-17(25)6-8-18/h2-8H,9-16H2,1H3,(H,26,27,30). The largest absolute Gasteiger partial charge is 0.494 e. The van der Waals surface area contributed by atoms with Gasteiger partial charge in [-0.05, 0) is 36.4 Å². The molecule has 0 atom stereocenters. The molecule has 0 spiro atoms. The summed E-state index contributed by atoms with van der Waals surface area (Å²) in [7, 11) is 1.59. The molecular formula is C24H27ClN4O4S. The quantitative estimate of drug-likeness (QED) is 0.478. The van der Waals surface area contributed by atoms with Crippen LogP contribution in [0.3, 0.4) is 0 Å². The van der Waals surface area contributed by atoms with Gasteiger partial charge in [0.2, 0.25) is 11.8 Å². The smallest absolute Gasteiger partial charge is 0.226 e. The van der Waals surface area contributed by atoms with Gasteiger partial charge in [0.15, 0.2) is 5.13 Å². The van der Waals surface area contributed by atoms with Crippen molar-refractivity contribution in [2.45, 2.75) is 12.8 Å². The molecule has 0 saturated carbocycles. The summed E-state index contributed by atoms with van der Waals surface area (Å²) >= 11 is 7.27. The van der Waals surface area contributed by atoms with Crippen LogP contribution in [0.1, 0.15) is 12.8 Å². The molecule has 2 heterocycles. The highest BCUT2D eigenvalue weighted by Gasteiger charge is 2.21. The summed E-state index contributed by atoms with van der Waals surface area (Å²) in [6.45, 7) is 4.25. The van der Waals surface area contributed by atoms with Crippen LogP contribution < -0.4 is 14.8 Å². The van der Waals surface area contributed by atoms with Gasteiger partial charge in [-0.3, -0.25) is 14.5 Å². The van der Waals surface area contributed by atoms with Gasteiger partial charge in [-0.25, -0.2) is 4.98 Å². The van der Waals surface area contributed by atoms with Crippen molar-refractivity contribution in [3.05, 3.63) is 47.5 Å². The van der Waals surface area contributed by atoms with E-state index in [1.54, 1.807) is 19.2 Å². The predicted octanol–water partition coefficient (Wildman–Crippen LogP) is 3.90. The van der Waals surface area contributed by atoms with Gasteiger partial charge in [-0.15, -0.1) is 0 Å². The van der Waals surface area contributed by atoms with Gasteiger partial charge in [0.1, 0.15) is 23.6 Å². The van der Waals surface area contributed by atoms with Gasteiger partial charge in [-0.1, -0.05) is 29.0 Å². The molecule has 2 amide bonds. The van der Waals surface area contributed by atoms with Crippen LogP contribution in [-0.2, 0) is 9.59 Å². The average molecular weight is 503 g/mol. The van der Waals surface area contributed by atoms with Crippen LogP contribution in [0.4, 0.5) is 5.13 Å². The van der Waals surface area contributed by atoms with Gasteiger partial charge in [0.25, 0.3) is 0 Å². The summed E-state index contributed by atoms with van der Waals surface area (Å²) in [6, 6.07) is 13.0. The Bertz CT molecular complexity index is 1130. The van der Waals surface area contributed by atoms with Crippen molar-refractivity contribution >= 4 is 50.1 Å². The lowest BCUT2D eigenvalue weighted by molar-refractivity contribution is -0.134. The number of hydrogen-bond donors (Lipinski definition) is 1. The van der Waals surface area contributed by atoms with E-state index in [2.05, 4.69) is 15.2 Å². The zero-order valence-corrected chi connectivity index (χ0v) is 20.5. The van der Waals surface area contributed by atoms with Crippen LogP contribution in [0.25, 0.3) is 10.2 Å². The minimum atomic E-state index is -0.218. The lowest BCUT2D eigenvalue weighted by Crippen LogP contribution is -2.49. The zero-order chi connectivity index (χ0) is 23.9. The number of fused-ring (bicyclic) bond motifs is 1. The molecule has 8 nitrogen and oxygen atoms in total. The molecule has 1 N–H and O–H groups in total. The number of carbonyl (C=O) groups excluding carboxylic acids is 2. The number of anilines is 1. The molecule has 34 heavy (non-hydrogen) atoms. The number of rotatable bonds is 9. The Morgan fingerprint density at radius 3 is 2.59 bits per heavy atom.